The fraction of sp³-hybridized carbons (Fsp3) is 0.476. The molecule has 1 saturated heterocycles. The van der Waals surface area contributed by atoms with E-state index in [0.717, 1.165) is 16.5 Å². The summed E-state index contributed by atoms with van der Waals surface area (Å²) in [6, 6.07) is 1.19. The van der Waals surface area contributed by atoms with Gasteiger partial charge in [0.15, 0.2) is 18.5 Å². The Hall–Kier alpha value is -2.52. The molecule has 46 heavy (non-hydrogen) atoms. The van der Waals surface area contributed by atoms with Crippen LogP contribution in [-0.2, 0) is 49.1 Å². The number of aromatic nitrogens is 5. The van der Waals surface area contributed by atoms with Crippen LogP contribution in [0.25, 0.3) is 0 Å². The minimum atomic E-state index is -6.15. The second-order valence-corrected chi connectivity index (χ2v) is 15.1. The molecule has 4 rings (SSSR count). The number of thiazole rings is 1. The van der Waals surface area contributed by atoms with Gasteiger partial charge in [0.25, 0.3) is 23.5 Å². The summed E-state index contributed by atoms with van der Waals surface area (Å²) in [5.74, 6) is 0.674. The maximum Gasteiger partial charge on any atom is 0.351 e. The summed E-state index contributed by atoms with van der Waals surface area (Å²) in [5, 5.41) is 20.4. The van der Waals surface area contributed by atoms with Crippen molar-refractivity contribution in [3.05, 3.63) is 56.4 Å². The van der Waals surface area contributed by atoms with E-state index in [1.807, 2.05) is 4.57 Å². The quantitative estimate of drug-likeness (QED) is 0.0988. The number of aliphatic hydroxyl groups excluding tert-OH is 2. The lowest BCUT2D eigenvalue weighted by Gasteiger charge is -2.34. The molecule has 1 aliphatic rings. The van der Waals surface area contributed by atoms with Crippen LogP contribution in [0.3, 0.4) is 0 Å². The van der Waals surface area contributed by atoms with Crippen molar-refractivity contribution in [2.75, 3.05) is 24.7 Å². The van der Waals surface area contributed by atoms with Gasteiger partial charge in [-0.2, -0.15) is 9.55 Å². The fourth-order valence-electron chi connectivity index (χ4n) is 4.10. The fourth-order valence-corrected chi connectivity index (χ4v) is 8.45. The number of hydrogen-bond donors (Lipinski definition) is 4. The first-order chi connectivity index (χ1) is 21.4. The maximum absolute atomic E-state index is 12.1. The largest absolute Gasteiger partial charge is 0.756 e. The molecule has 1 fully saturated rings. The Balaban J connectivity index is 1.27. The second-order valence-electron chi connectivity index (χ2n) is 9.66. The van der Waals surface area contributed by atoms with E-state index in [0.29, 0.717) is 28.6 Å². The lowest BCUT2D eigenvalue weighted by atomic mass is 10.1. The lowest BCUT2D eigenvalue weighted by Crippen LogP contribution is -2.36. The normalized spacial score (nSPS) is 23.9. The number of rotatable bonds is 14. The predicted molar refractivity (Wildman–Crippen MR) is 149 cm³/mol. The zero-order valence-electron chi connectivity index (χ0n) is 23.9. The molecular formula is C21H28N7O14P3S-2. The summed E-state index contributed by atoms with van der Waals surface area (Å²) >= 11 is 1.26. The van der Waals surface area contributed by atoms with E-state index in [4.69, 9.17) is 16.2 Å². The molecule has 3 unspecified atom stereocenters. The third-order valence-corrected chi connectivity index (χ3v) is 11.7. The van der Waals surface area contributed by atoms with E-state index in [-0.39, 0.29) is 12.2 Å². The predicted octanol–water partition coefficient (Wildman–Crippen LogP) is -2.45. The monoisotopic (exact) mass is 727 g/mol. The van der Waals surface area contributed by atoms with Gasteiger partial charge in [-0.15, -0.1) is 0 Å². The molecule has 0 bridgehead atoms. The molecular weight excluding hydrogens is 699 g/mol. The average Bonchev–Trinajstić information content (AvgIpc) is 3.41. The summed E-state index contributed by atoms with van der Waals surface area (Å²) in [6.07, 6.45) is -4.08. The topological polar surface area (TPSA) is 324 Å². The summed E-state index contributed by atoms with van der Waals surface area (Å²) < 4.78 is 60.8. The number of nitrogen functional groups attached to an aromatic ring is 2. The molecule has 0 amide bonds. The highest BCUT2D eigenvalue weighted by Gasteiger charge is 2.45. The Morgan fingerprint density at radius 1 is 1.07 bits per heavy atom. The van der Waals surface area contributed by atoms with Crippen molar-refractivity contribution in [2.45, 2.75) is 51.4 Å². The molecule has 3 aromatic heterocycles. The van der Waals surface area contributed by atoms with Gasteiger partial charge in [-0.3, -0.25) is 18.3 Å². The molecule has 254 valence electrons. The second kappa shape index (κ2) is 14.3. The molecule has 21 nitrogen and oxygen atoms in total. The molecule has 0 spiro atoms. The number of phosphoric acid groups is 3. The van der Waals surface area contributed by atoms with E-state index < -0.39 is 66.9 Å². The zero-order chi connectivity index (χ0) is 34.0. The number of nitrogens with two attached hydrogens (primary N) is 2. The van der Waals surface area contributed by atoms with Gasteiger partial charge in [-0.25, -0.2) is 23.4 Å². The highest BCUT2D eigenvalue weighted by Crippen LogP contribution is 2.63. The third kappa shape index (κ3) is 9.30. The van der Waals surface area contributed by atoms with Gasteiger partial charge in [0.05, 0.1) is 23.7 Å². The van der Waals surface area contributed by atoms with E-state index in [2.05, 4.69) is 32.6 Å². The molecule has 0 aromatic carbocycles. The van der Waals surface area contributed by atoms with Crippen LogP contribution in [0.5, 0.6) is 0 Å². The van der Waals surface area contributed by atoms with Crippen LogP contribution in [-0.4, -0.2) is 61.3 Å². The van der Waals surface area contributed by atoms with Crippen molar-refractivity contribution in [1.82, 2.24) is 19.5 Å². The van der Waals surface area contributed by atoms with Crippen LogP contribution in [0.4, 0.5) is 11.6 Å². The molecule has 0 radical (unpaired) electrons. The summed E-state index contributed by atoms with van der Waals surface area (Å²) in [6.45, 7) is 2.08. The Kier molecular flexibility index (Phi) is 11.3. The van der Waals surface area contributed by atoms with E-state index in [9.17, 15) is 43.4 Å². The smallest absolute Gasteiger partial charge is 0.351 e. The first-order valence-corrected chi connectivity index (χ1v) is 18.2. The van der Waals surface area contributed by atoms with Crippen LogP contribution >= 0.6 is 34.8 Å². The van der Waals surface area contributed by atoms with E-state index >= 15 is 0 Å². The Morgan fingerprint density at radius 3 is 2.39 bits per heavy atom. The number of hydrogen-bond acceptors (Lipinski definition) is 20. The number of aryl methyl sites for hydroxylation is 1. The van der Waals surface area contributed by atoms with E-state index in [1.54, 1.807) is 25.6 Å². The zero-order valence-corrected chi connectivity index (χ0v) is 27.4. The Bertz CT molecular complexity index is 1780. The molecule has 0 saturated carbocycles. The SMILES string of the molecule is Cc1ncc(C[n+]2csc(CCOP(=O)([O-])OP(=O)([O-])OP(=O)([O-])OC[C@H]3O[C@@H](n4ccc(N)nc4=O)[C@H](O)[C@@H]3O)c2C)c(N)n1. The summed E-state index contributed by atoms with van der Waals surface area (Å²) in [4.78, 5) is 60.7. The molecule has 0 aliphatic carbocycles. The van der Waals surface area contributed by atoms with Crippen molar-refractivity contribution >= 4 is 46.4 Å². The number of ether oxygens (including phenoxy) is 1. The van der Waals surface area contributed by atoms with E-state index in [1.165, 1.54) is 17.4 Å². The minimum absolute atomic E-state index is 0.00125. The van der Waals surface area contributed by atoms with Gasteiger partial charge in [-0.05, 0) is 13.0 Å². The van der Waals surface area contributed by atoms with Crippen molar-refractivity contribution < 1.29 is 65.6 Å². The highest BCUT2D eigenvalue weighted by molar-refractivity contribution is 7.65. The van der Waals surface area contributed by atoms with Gasteiger partial charge in [0.2, 0.25) is 5.51 Å². The number of nitrogens with zero attached hydrogens (tertiary/aromatic N) is 5. The van der Waals surface area contributed by atoms with Crippen molar-refractivity contribution in [1.29, 1.82) is 0 Å². The molecule has 4 heterocycles. The number of anilines is 2. The van der Waals surface area contributed by atoms with Crippen molar-refractivity contribution in [3.63, 3.8) is 0 Å². The third-order valence-electron chi connectivity index (χ3n) is 6.35. The lowest BCUT2D eigenvalue weighted by molar-refractivity contribution is -0.689. The molecule has 3 aromatic rings. The number of aliphatic hydroxyl groups is 2. The van der Waals surface area contributed by atoms with Gasteiger partial charge >= 0.3 is 5.69 Å². The van der Waals surface area contributed by atoms with Crippen LogP contribution < -0.4 is 36.4 Å². The van der Waals surface area contributed by atoms with Crippen LogP contribution in [0.15, 0.2) is 28.8 Å². The highest BCUT2D eigenvalue weighted by atomic mass is 32.1. The van der Waals surface area contributed by atoms with Gasteiger partial charge < -0.3 is 50.1 Å². The van der Waals surface area contributed by atoms with Crippen LogP contribution in [0, 0.1) is 13.8 Å². The maximum atomic E-state index is 12.1. The van der Waals surface area contributed by atoms with Gasteiger partial charge in [-0.1, -0.05) is 11.3 Å². The molecule has 25 heteroatoms. The van der Waals surface area contributed by atoms with Crippen LogP contribution in [0.1, 0.15) is 28.2 Å². The summed E-state index contributed by atoms with van der Waals surface area (Å²) in [5.41, 5.74) is 13.5. The Labute approximate surface area is 263 Å². The average molecular weight is 727 g/mol. The number of phosphoric ester groups is 2. The van der Waals surface area contributed by atoms with Gasteiger partial charge in [0.1, 0.15) is 35.8 Å². The standard InChI is InChI=1S/C21H30N7O14P3S/c1-11-15(46-10-27(11)8-13-7-24-12(2)25-19(13)23)4-6-38-43(32,33)41-45(36,37)42-44(34,35)39-9-14-17(29)18(30)20(40-14)28-5-3-16(22)26-21(28)31/h3,5,7,10,14,17-18,20,29-30H,4,6,8-9H2,1-2H3,(H6-,22,23,24,25,26,31,32,33,34,35,36,37)/p-2/t14-,17-,18-,20-/m1/s1. The van der Waals surface area contributed by atoms with Crippen molar-refractivity contribution in [3.8, 4) is 0 Å². The molecule has 7 atom stereocenters. The molecule has 1 aliphatic heterocycles. The van der Waals surface area contributed by atoms with Crippen molar-refractivity contribution in [2.24, 2.45) is 0 Å². The molecule has 6 N–H and O–H groups in total. The first kappa shape index (κ1) is 36.3. The van der Waals surface area contributed by atoms with Crippen LogP contribution in [0.2, 0.25) is 0 Å². The Morgan fingerprint density at radius 2 is 1.74 bits per heavy atom. The van der Waals surface area contributed by atoms with Gasteiger partial charge in [0, 0.05) is 25.7 Å². The summed E-state index contributed by atoms with van der Waals surface area (Å²) in [7, 11) is -17.7. The first-order valence-electron chi connectivity index (χ1n) is 12.9. The minimum Gasteiger partial charge on any atom is -0.756 e.